The Balaban J connectivity index is 0.00000261. The van der Waals surface area contributed by atoms with Gasteiger partial charge in [-0.25, -0.2) is 17.2 Å². The van der Waals surface area contributed by atoms with E-state index in [0.717, 1.165) is 16.4 Å². The van der Waals surface area contributed by atoms with Crippen molar-refractivity contribution < 1.29 is 26.7 Å². The van der Waals surface area contributed by atoms with Gasteiger partial charge in [0.1, 0.15) is 16.5 Å². The van der Waals surface area contributed by atoms with E-state index in [1.54, 1.807) is 4.90 Å². The van der Waals surface area contributed by atoms with Crippen molar-refractivity contribution in [1.82, 2.24) is 14.5 Å². The topological polar surface area (TPSA) is 79.0 Å². The number of carbonyl (C=O) groups is 1. The maximum Gasteiger partial charge on any atom is 0.246 e. The molecule has 1 atom stereocenters. The highest BCUT2D eigenvalue weighted by Gasteiger charge is 2.32. The average molecular weight is 426 g/mol. The van der Waals surface area contributed by atoms with Crippen LogP contribution < -0.4 is 5.32 Å². The van der Waals surface area contributed by atoms with E-state index in [4.69, 9.17) is 4.74 Å². The lowest BCUT2D eigenvalue weighted by molar-refractivity contribution is -0.133. The van der Waals surface area contributed by atoms with Gasteiger partial charge < -0.3 is 15.0 Å². The summed E-state index contributed by atoms with van der Waals surface area (Å²) in [5, 5.41) is 3.20. The van der Waals surface area contributed by atoms with Gasteiger partial charge in [-0.3, -0.25) is 4.79 Å². The minimum atomic E-state index is -4.06. The van der Waals surface area contributed by atoms with Gasteiger partial charge >= 0.3 is 0 Å². The Bertz CT molecular complexity index is 767. The third kappa shape index (κ3) is 5.14. The molecule has 0 saturated carbocycles. The molecule has 1 aromatic carbocycles. The monoisotopic (exact) mass is 425 g/mol. The number of carbonyl (C=O) groups excluding carboxylic acids is 1. The number of piperazine rings is 1. The lowest BCUT2D eigenvalue weighted by Gasteiger charge is -2.35. The second-order valence-corrected chi connectivity index (χ2v) is 8.20. The number of ether oxygens (including phenoxy) is 1. The van der Waals surface area contributed by atoms with Crippen molar-refractivity contribution in [2.24, 2.45) is 0 Å². The molecule has 1 N–H and O–H groups in total. The van der Waals surface area contributed by atoms with Crippen LogP contribution in [0, 0.1) is 11.6 Å². The number of morpholine rings is 1. The summed E-state index contributed by atoms with van der Waals surface area (Å²) in [6.45, 7) is 2.40. The Morgan fingerprint density at radius 3 is 2.52 bits per heavy atom. The Labute approximate surface area is 163 Å². The van der Waals surface area contributed by atoms with Gasteiger partial charge in [-0.15, -0.1) is 12.4 Å². The quantitative estimate of drug-likeness (QED) is 0.764. The highest BCUT2D eigenvalue weighted by Crippen LogP contribution is 2.21. The third-order valence-electron chi connectivity index (χ3n) is 4.52. The molecular formula is C16H22ClF2N3O4S. The van der Waals surface area contributed by atoms with E-state index in [-0.39, 0.29) is 50.5 Å². The number of nitrogens with one attached hydrogen (secondary N) is 1. The first kappa shape index (κ1) is 22.0. The molecule has 0 radical (unpaired) electrons. The fraction of sp³-hybridized carbons (Fsp3) is 0.562. The third-order valence-corrected chi connectivity index (χ3v) is 6.45. The van der Waals surface area contributed by atoms with Crippen LogP contribution in [0.25, 0.3) is 0 Å². The van der Waals surface area contributed by atoms with Crippen molar-refractivity contribution in [1.29, 1.82) is 0 Å². The first-order valence-corrected chi connectivity index (χ1v) is 9.86. The average Bonchev–Trinajstić information content (AvgIpc) is 2.62. The fourth-order valence-corrected chi connectivity index (χ4v) is 4.56. The normalized spacial score (nSPS) is 21.6. The van der Waals surface area contributed by atoms with Gasteiger partial charge in [-0.05, 0) is 12.1 Å². The standard InChI is InChI=1S/C16H21F2N3O4S.ClH/c17-12-1-2-15(14(18)9-12)26(23,24)21-6-4-20(5-7-21)16(22)10-13-11-25-8-3-19-13;/h1-2,9,13,19H,3-8,10-11H2;1H. The molecule has 152 valence electrons. The summed E-state index contributed by atoms with van der Waals surface area (Å²) >= 11 is 0. The number of rotatable bonds is 4. The predicted octanol–water partition coefficient (Wildman–Crippen LogP) is 0.598. The smallest absolute Gasteiger partial charge is 0.246 e. The highest BCUT2D eigenvalue weighted by molar-refractivity contribution is 7.89. The van der Waals surface area contributed by atoms with Crippen molar-refractivity contribution in [3.05, 3.63) is 29.8 Å². The summed E-state index contributed by atoms with van der Waals surface area (Å²) in [7, 11) is -4.06. The van der Waals surface area contributed by atoms with Crippen LogP contribution >= 0.6 is 12.4 Å². The molecule has 1 amide bonds. The van der Waals surface area contributed by atoms with Gasteiger partial charge in [-0.1, -0.05) is 0 Å². The molecule has 2 saturated heterocycles. The van der Waals surface area contributed by atoms with E-state index in [2.05, 4.69) is 5.32 Å². The highest BCUT2D eigenvalue weighted by atomic mass is 35.5. The molecule has 0 aromatic heterocycles. The molecule has 2 aliphatic heterocycles. The largest absolute Gasteiger partial charge is 0.378 e. The van der Waals surface area contributed by atoms with Crippen molar-refractivity contribution >= 4 is 28.3 Å². The van der Waals surface area contributed by atoms with Crippen LogP contribution in [-0.4, -0.2) is 75.5 Å². The Morgan fingerprint density at radius 2 is 1.93 bits per heavy atom. The maximum atomic E-state index is 13.8. The molecule has 1 aromatic rings. The van der Waals surface area contributed by atoms with Crippen LogP contribution in [-0.2, 0) is 19.6 Å². The lowest BCUT2D eigenvalue weighted by atomic mass is 10.1. The van der Waals surface area contributed by atoms with Gasteiger partial charge in [-0.2, -0.15) is 4.31 Å². The molecule has 1 unspecified atom stereocenters. The van der Waals surface area contributed by atoms with Crippen LogP contribution in [0.1, 0.15) is 6.42 Å². The SMILES string of the molecule is Cl.O=C(CC1COCCN1)N1CCN(S(=O)(=O)c2ccc(F)cc2F)CC1. The summed E-state index contributed by atoms with van der Waals surface area (Å²) < 4.78 is 58.4. The Morgan fingerprint density at radius 1 is 1.22 bits per heavy atom. The van der Waals surface area contributed by atoms with Crippen molar-refractivity contribution in [2.75, 3.05) is 45.9 Å². The van der Waals surface area contributed by atoms with E-state index in [9.17, 15) is 22.0 Å². The van der Waals surface area contributed by atoms with Gasteiger partial charge in [0.15, 0.2) is 0 Å². The Hall–Kier alpha value is -1.33. The van der Waals surface area contributed by atoms with Gasteiger partial charge in [0.25, 0.3) is 0 Å². The Kier molecular flexibility index (Phi) is 7.52. The van der Waals surface area contributed by atoms with E-state index in [1.807, 2.05) is 0 Å². The van der Waals surface area contributed by atoms with E-state index >= 15 is 0 Å². The minimum Gasteiger partial charge on any atom is -0.378 e. The second-order valence-electron chi connectivity index (χ2n) is 6.29. The molecule has 2 fully saturated rings. The number of sulfonamides is 1. The molecule has 2 aliphatic rings. The van der Waals surface area contributed by atoms with E-state index < -0.39 is 26.6 Å². The van der Waals surface area contributed by atoms with Crippen LogP contribution in [0.4, 0.5) is 8.78 Å². The molecule has 0 bridgehead atoms. The van der Waals surface area contributed by atoms with Crippen molar-refractivity contribution in [3.8, 4) is 0 Å². The maximum absolute atomic E-state index is 13.8. The molecule has 0 spiro atoms. The zero-order chi connectivity index (χ0) is 18.7. The zero-order valence-corrected chi connectivity index (χ0v) is 16.2. The summed E-state index contributed by atoms with van der Waals surface area (Å²) in [5.41, 5.74) is 0. The summed E-state index contributed by atoms with van der Waals surface area (Å²) in [4.78, 5) is 13.4. The molecule has 2 heterocycles. The summed E-state index contributed by atoms with van der Waals surface area (Å²) in [6.07, 6.45) is 0.291. The van der Waals surface area contributed by atoms with Gasteiger partial charge in [0.2, 0.25) is 15.9 Å². The molecule has 0 aliphatic carbocycles. The minimum absolute atomic E-state index is 0. The van der Waals surface area contributed by atoms with Crippen molar-refractivity contribution in [2.45, 2.75) is 17.4 Å². The second kappa shape index (κ2) is 9.24. The van der Waals surface area contributed by atoms with Crippen molar-refractivity contribution in [3.63, 3.8) is 0 Å². The number of benzene rings is 1. The molecule has 3 rings (SSSR count). The van der Waals surface area contributed by atoms with Crippen LogP contribution in [0.2, 0.25) is 0 Å². The number of halogens is 3. The van der Waals surface area contributed by atoms with Gasteiger partial charge in [0, 0.05) is 51.3 Å². The van der Waals surface area contributed by atoms with Gasteiger partial charge in [0.05, 0.1) is 13.2 Å². The van der Waals surface area contributed by atoms with E-state index in [1.165, 1.54) is 0 Å². The molecule has 27 heavy (non-hydrogen) atoms. The first-order chi connectivity index (χ1) is 12.4. The number of nitrogens with zero attached hydrogens (tertiary/aromatic N) is 2. The predicted molar refractivity (Wildman–Crippen MR) is 96.2 cm³/mol. The first-order valence-electron chi connectivity index (χ1n) is 8.42. The fourth-order valence-electron chi connectivity index (χ4n) is 3.09. The van der Waals surface area contributed by atoms with Crippen LogP contribution in [0.15, 0.2) is 23.1 Å². The van der Waals surface area contributed by atoms with Crippen LogP contribution in [0.5, 0.6) is 0 Å². The number of hydrogen-bond donors (Lipinski definition) is 1. The zero-order valence-electron chi connectivity index (χ0n) is 14.6. The summed E-state index contributed by atoms with van der Waals surface area (Å²) in [6, 6.07) is 2.35. The molecular weight excluding hydrogens is 404 g/mol. The molecule has 11 heteroatoms. The summed E-state index contributed by atoms with van der Waals surface area (Å²) in [5.74, 6) is -2.03. The number of hydrogen-bond acceptors (Lipinski definition) is 5. The number of amides is 1. The molecule has 7 nitrogen and oxygen atoms in total. The van der Waals surface area contributed by atoms with Crippen LogP contribution in [0.3, 0.4) is 0 Å². The lowest BCUT2D eigenvalue weighted by Crippen LogP contribution is -2.52. The van der Waals surface area contributed by atoms with E-state index in [0.29, 0.717) is 32.2 Å².